The number of pyridine rings is 1. The Balaban J connectivity index is 2.01. The minimum atomic E-state index is -0.182. The second-order valence-electron chi connectivity index (χ2n) is 4.00. The zero-order chi connectivity index (χ0) is 12.3. The molecule has 0 bridgehead atoms. The molecule has 1 atom stereocenters. The third-order valence-corrected chi connectivity index (χ3v) is 2.75. The molecule has 2 amide bonds. The van der Waals surface area contributed by atoms with Gasteiger partial charge in [0.25, 0.3) is 0 Å². The van der Waals surface area contributed by atoms with Crippen LogP contribution in [0.2, 0.25) is 0 Å². The maximum absolute atomic E-state index is 11.9. The minimum absolute atomic E-state index is 0.0908. The molecule has 1 aliphatic rings. The number of rotatable bonds is 2. The highest BCUT2D eigenvalue weighted by atomic mass is 16.5. The van der Waals surface area contributed by atoms with E-state index in [1.807, 2.05) is 0 Å². The Bertz CT molecular complexity index is 404. The van der Waals surface area contributed by atoms with Crippen molar-refractivity contribution in [3.05, 3.63) is 18.5 Å². The van der Waals surface area contributed by atoms with Crippen LogP contribution in [0.25, 0.3) is 0 Å². The van der Waals surface area contributed by atoms with Crippen molar-refractivity contribution in [2.24, 2.45) is 0 Å². The van der Waals surface area contributed by atoms with Gasteiger partial charge in [0.15, 0.2) is 0 Å². The van der Waals surface area contributed by atoms with E-state index in [4.69, 9.17) is 10.5 Å². The van der Waals surface area contributed by atoms with Crippen LogP contribution in [0.3, 0.4) is 0 Å². The second-order valence-corrected chi connectivity index (χ2v) is 4.00. The SMILES string of the molecule is CN(C(=O)NC1CCOC1)c1ccncc1N. The standard InChI is InChI=1S/C11H16N4O2/c1-15(10-2-4-13-6-9(10)12)11(16)14-8-3-5-17-7-8/h2,4,6,8H,3,5,7,12H2,1H3,(H,14,16). The lowest BCUT2D eigenvalue weighted by Gasteiger charge is -2.21. The van der Waals surface area contributed by atoms with Gasteiger partial charge in [0.2, 0.25) is 0 Å². The molecule has 6 heteroatoms. The third kappa shape index (κ3) is 2.65. The Hall–Kier alpha value is -1.82. The van der Waals surface area contributed by atoms with Crippen molar-refractivity contribution in [1.29, 1.82) is 0 Å². The Morgan fingerprint density at radius 3 is 3.18 bits per heavy atom. The van der Waals surface area contributed by atoms with Crippen LogP contribution < -0.4 is 16.0 Å². The molecule has 17 heavy (non-hydrogen) atoms. The fourth-order valence-electron chi connectivity index (χ4n) is 1.73. The van der Waals surface area contributed by atoms with Crippen molar-refractivity contribution in [2.45, 2.75) is 12.5 Å². The zero-order valence-electron chi connectivity index (χ0n) is 9.72. The van der Waals surface area contributed by atoms with Crippen molar-refractivity contribution >= 4 is 17.4 Å². The summed E-state index contributed by atoms with van der Waals surface area (Å²) in [6, 6.07) is 1.62. The number of carbonyl (C=O) groups is 1. The average molecular weight is 236 g/mol. The molecule has 1 unspecified atom stereocenters. The van der Waals surface area contributed by atoms with Gasteiger partial charge in [-0.25, -0.2) is 4.79 Å². The number of urea groups is 1. The lowest BCUT2D eigenvalue weighted by Crippen LogP contribution is -2.43. The van der Waals surface area contributed by atoms with Gasteiger partial charge in [-0.2, -0.15) is 0 Å². The van der Waals surface area contributed by atoms with Crippen molar-refractivity contribution in [1.82, 2.24) is 10.3 Å². The average Bonchev–Trinajstić information content (AvgIpc) is 2.81. The summed E-state index contributed by atoms with van der Waals surface area (Å²) in [4.78, 5) is 17.3. The first kappa shape index (κ1) is 11.7. The van der Waals surface area contributed by atoms with Crippen LogP contribution in [-0.4, -0.2) is 37.3 Å². The van der Waals surface area contributed by atoms with Crippen LogP contribution >= 0.6 is 0 Å². The normalized spacial score (nSPS) is 19.0. The number of nitrogens with zero attached hydrogens (tertiary/aromatic N) is 2. The van der Waals surface area contributed by atoms with Crippen molar-refractivity contribution < 1.29 is 9.53 Å². The maximum Gasteiger partial charge on any atom is 0.321 e. The van der Waals surface area contributed by atoms with Gasteiger partial charge in [0, 0.05) is 19.9 Å². The molecular formula is C11H16N4O2. The third-order valence-electron chi connectivity index (χ3n) is 2.75. The summed E-state index contributed by atoms with van der Waals surface area (Å²) in [6.07, 6.45) is 3.98. The number of nitrogens with two attached hydrogens (primary N) is 1. The van der Waals surface area contributed by atoms with E-state index in [-0.39, 0.29) is 12.1 Å². The van der Waals surface area contributed by atoms with Gasteiger partial charge in [-0.15, -0.1) is 0 Å². The van der Waals surface area contributed by atoms with Gasteiger partial charge in [0.1, 0.15) is 0 Å². The molecule has 1 aromatic rings. The molecule has 6 nitrogen and oxygen atoms in total. The number of amides is 2. The first-order chi connectivity index (χ1) is 8.18. The molecule has 2 heterocycles. The van der Waals surface area contributed by atoms with Crippen LogP contribution in [-0.2, 0) is 4.74 Å². The van der Waals surface area contributed by atoms with Gasteiger partial charge in [-0.3, -0.25) is 9.88 Å². The molecular weight excluding hydrogens is 220 g/mol. The van der Waals surface area contributed by atoms with Crippen molar-refractivity contribution in [3.8, 4) is 0 Å². The van der Waals surface area contributed by atoms with E-state index in [1.54, 1.807) is 19.3 Å². The minimum Gasteiger partial charge on any atom is -0.396 e. The second kappa shape index (κ2) is 5.01. The van der Waals surface area contributed by atoms with E-state index >= 15 is 0 Å². The smallest absolute Gasteiger partial charge is 0.321 e. The van der Waals surface area contributed by atoms with Crippen LogP contribution in [0.15, 0.2) is 18.5 Å². The molecule has 0 aliphatic carbocycles. The molecule has 3 N–H and O–H groups in total. The maximum atomic E-state index is 11.9. The Labute approximate surface area is 99.8 Å². The van der Waals surface area contributed by atoms with Crippen LogP contribution in [0.1, 0.15) is 6.42 Å². The molecule has 92 valence electrons. The zero-order valence-corrected chi connectivity index (χ0v) is 9.72. The number of anilines is 2. The van der Waals surface area contributed by atoms with Crippen molar-refractivity contribution in [3.63, 3.8) is 0 Å². The van der Waals surface area contributed by atoms with Gasteiger partial charge < -0.3 is 15.8 Å². The Kier molecular flexibility index (Phi) is 3.43. The van der Waals surface area contributed by atoms with E-state index in [2.05, 4.69) is 10.3 Å². The molecule has 0 aromatic carbocycles. The number of hydrogen-bond acceptors (Lipinski definition) is 4. The predicted octanol–water partition coefficient (Wildman–Crippen LogP) is 0.598. The Morgan fingerprint density at radius 2 is 2.53 bits per heavy atom. The fourth-order valence-corrected chi connectivity index (χ4v) is 1.73. The number of aromatic nitrogens is 1. The van der Waals surface area contributed by atoms with Gasteiger partial charge in [-0.05, 0) is 12.5 Å². The molecule has 1 aromatic heterocycles. The summed E-state index contributed by atoms with van der Waals surface area (Å²) in [5.74, 6) is 0. The largest absolute Gasteiger partial charge is 0.396 e. The summed E-state index contributed by atoms with van der Waals surface area (Å²) >= 11 is 0. The van der Waals surface area contributed by atoms with E-state index in [0.717, 1.165) is 6.42 Å². The number of ether oxygens (including phenoxy) is 1. The number of nitrogen functional groups attached to an aromatic ring is 1. The highest BCUT2D eigenvalue weighted by Crippen LogP contribution is 2.20. The summed E-state index contributed by atoms with van der Waals surface area (Å²) in [5, 5.41) is 2.89. The van der Waals surface area contributed by atoms with Gasteiger partial charge >= 0.3 is 6.03 Å². The topological polar surface area (TPSA) is 80.5 Å². The first-order valence-corrected chi connectivity index (χ1v) is 5.50. The van der Waals surface area contributed by atoms with E-state index in [1.165, 1.54) is 11.1 Å². The van der Waals surface area contributed by atoms with E-state index in [9.17, 15) is 4.79 Å². The number of hydrogen-bond donors (Lipinski definition) is 2. The molecule has 1 saturated heterocycles. The predicted molar refractivity (Wildman–Crippen MR) is 64.8 cm³/mol. The van der Waals surface area contributed by atoms with Gasteiger partial charge in [0.05, 0.1) is 30.2 Å². The summed E-state index contributed by atoms with van der Waals surface area (Å²) < 4.78 is 5.20. The van der Waals surface area contributed by atoms with Crippen LogP contribution in [0, 0.1) is 0 Å². The molecule has 2 rings (SSSR count). The summed E-state index contributed by atoms with van der Waals surface area (Å²) in [6.45, 7) is 1.28. The first-order valence-electron chi connectivity index (χ1n) is 5.50. The molecule has 1 fully saturated rings. The molecule has 0 spiro atoms. The van der Waals surface area contributed by atoms with Crippen LogP contribution in [0.4, 0.5) is 16.2 Å². The van der Waals surface area contributed by atoms with Gasteiger partial charge in [-0.1, -0.05) is 0 Å². The number of nitrogens with one attached hydrogen (secondary N) is 1. The molecule has 1 aliphatic heterocycles. The van der Waals surface area contributed by atoms with E-state index in [0.29, 0.717) is 24.6 Å². The van der Waals surface area contributed by atoms with Crippen LogP contribution in [0.5, 0.6) is 0 Å². The van der Waals surface area contributed by atoms with E-state index < -0.39 is 0 Å². The lowest BCUT2D eigenvalue weighted by atomic mass is 10.2. The quantitative estimate of drug-likeness (QED) is 0.788. The molecule has 0 saturated carbocycles. The Morgan fingerprint density at radius 1 is 1.71 bits per heavy atom. The summed E-state index contributed by atoms with van der Waals surface area (Å²) in [7, 11) is 1.68. The highest BCUT2D eigenvalue weighted by Gasteiger charge is 2.21. The molecule has 0 radical (unpaired) electrons. The summed E-state index contributed by atoms with van der Waals surface area (Å²) in [5.41, 5.74) is 6.89. The lowest BCUT2D eigenvalue weighted by molar-refractivity contribution is 0.189. The van der Waals surface area contributed by atoms with Crippen molar-refractivity contribution in [2.75, 3.05) is 30.9 Å². The fraction of sp³-hybridized carbons (Fsp3) is 0.455. The monoisotopic (exact) mass is 236 g/mol. The highest BCUT2D eigenvalue weighted by molar-refractivity contribution is 5.94. The number of carbonyl (C=O) groups excluding carboxylic acids is 1.